The summed E-state index contributed by atoms with van der Waals surface area (Å²) in [4.78, 5) is 14.2. The molecule has 6 rings (SSSR count). The van der Waals surface area contributed by atoms with Gasteiger partial charge in [0, 0.05) is 0 Å². The van der Waals surface area contributed by atoms with E-state index in [1.54, 1.807) is 0 Å². The number of hydrogen-bond donors (Lipinski definition) is 2. The van der Waals surface area contributed by atoms with Crippen molar-refractivity contribution < 1.29 is 19.7 Å². The summed E-state index contributed by atoms with van der Waals surface area (Å²) in [5.74, 6) is 1.03. The van der Waals surface area contributed by atoms with Gasteiger partial charge in [0.2, 0.25) is 0 Å². The first-order valence-electron chi connectivity index (χ1n) is 17.1. The molecule has 0 aromatic heterocycles. The highest BCUT2D eigenvalue weighted by atomic mass is 16.5. The summed E-state index contributed by atoms with van der Waals surface area (Å²) >= 11 is 0. The molecule has 0 saturated heterocycles. The lowest BCUT2D eigenvalue weighted by Crippen LogP contribution is -2.67. The van der Waals surface area contributed by atoms with Crippen molar-refractivity contribution in [2.24, 2.45) is 50.2 Å². The predicted molar refractivity (Wildman–Crippen MR) is 173 cm³/mol. The third kappa shape index (κ3) is 4.55. The molecule has 1 aromatic carbocycles. The number of aliphatic hydroxyl groups excluding tert-OH is 2. The van der Waals surface area contributed by atoms with Crippen molar-refractivity contribution in [3.8, 4) is 0 Å². The van der Waals surface area contributed by atoms with E-state index in [-0.39, 0.29) is 39.0 Å². The lowest BCUT2D eigenvalue weighted by molar-refractivity contribution is -0.232. The predicted octanol–water partition coefficient (Wildman–Crippen LogP) is 8.38. The van der Waals surface area contributed by atoms with Crippen molar-refractivity contribution in [1.29, 1.82) is 0 Å². The first kappa shape index (κ1) is 31.1. The van der Waals surface area contributed by atoms with Gasteiger partial charge in [-0.25, -0.2) is 0 Å². The summed E-state index contributed by atoms with van der Waals surface area (Å²) < 4.78 is 6.10. The van der Waals surface area contributed by atoms with Crippen molar-refractivity contribution in [2.75, 3.05) is 6.61 Å². The largest absolute Gasteiger partial charge is 0.461 e. The van der Waals surface area contributed by atoms with Crippen molar-refractivity contribution in [3.05, 3.63) is 53.6 Å². The van der Waals surface area contributed by atoms with E-state index in [2.05, 4.69) is 66.7 Å². The maximum Gasteiger partial charge on any atom is 0.312 e. The maximum atomic E-state index is 14.2. The zero-order chi connectivity index (χ0) is 31.1. The minimum atomic E-state index is -0.680. The van der Waals surface area contributed by atoms with Crippen LogP contribution in [0.5, 0.6) is 0 Å². The highest BCUT2D eigenvalue weighted by Crippen LogP contribution is 2.75. The molecule has 0 radical (unpaired) electrons. The average Bonchev–Trinajstić information content (AvgIpc) is 2.94. The molecule has 9 atom stereocenters. The molecule has 43 heavy (non-hydrogen) atoms. The molecule has 5 aliphatic carbocycles. The fourth-order valence-electron chi connectivity index (χ4n) is 11.8. The molecule has 4 fully saturated rings. The summed E-state index contributed by atoms with van der Waals surface area (Å²) in [7, 11) is 0. The van der Waals surface area contributed by atoms with E-state index >= 15 is 0 Å². The van der Waals surface area contributed by atoms with Gasteiger partial charge in [0.15, 0.2) is 0 Å². The Morgan fingerprint density at radius 3 is 2.33 bits per heavy atom. The molecule has 5 aliphatic rings. The summed E-state index contributed by atoms with van der Waals surface area (Å²) in [6.07, 6.45) is 14.0. The van der Waals surface area contributed by atoms with Crippen LogP contribution in [0.25, 0.3) is 6.08 Å². The van der Waals surface area contributed by atoms with Crippen molar-refractivity contribution in [3.63, 3.8) is 0 Å². The van der Waals surface area contributed by atoms with Crippen LogP contribution in [0.3, 0.4) is 0 Å². The first-order valence-corrected chi connectivity index (χ1v) is 17.1. The SMILES string of the molecule is CC1(C)CC[C@]2(C(=O)OC/C=C/c3ccccc3)CC[C@]3(C)C(=CC[C@@H]4[C@@]5(C)C[C@@H](O)[C@H](O)C(C)(C)[C@@H]5CC[C@]43C)[C@@H]2C1. The lowest BCUT2D eigenvalue weighted by atomic mass is 9.33. The Bertz CT molecular complexity index is 1290. The van der Waals surface area contributed by atoms with E-state index in [4.69, 9.17) is 4.74 Å². The molecule has 4 nitrogen and oxygen atoms in total. The zero-order valence-electron chi connectivity index (χ0n) is 27.8. The summed E-state index contributed by atoms with van der Waals surface area (Å²) in [5, 5.41) is 22.2. The van der Waals surface area contributed by atoms with Crippen LogP contribution in [-0.4, -0.2) is 35.0 Å². The normalized spacial score (nSPS) is 44.8. The van der Waals surface area contributed by atoms with Crippen molar-refractivity contribution in [2.45, 2.75) is 118 Å². The molecule has 0 amide bonds. The van der Waals surface area contributed by atoms with Gasteiger partial charge >= 0.3 is 5.97 Å². The topological polar surface area (TPSA) is 66.8 Å². The van der Waals surface area contributed by atoms with Gasteiger partial charge in [-0.3, -0.25) is 4.79 Å². The number of hydrogen-bond acceptors (Lipinski definition) is 4. The van der Waals surface area contributed by atoms with Crippen LogP contribution in [0.15, 0.2) is 48.1 Å². The highest BCUT2D eigenvalue weighted by molar-refractivity contribution is 5.79. The van der Waals surface area contributed by atoms with Gasteiger partial charge in [0.25, 0.3) is 0 Å². The monoisotopic (exact) mass is 588 g/mol. The Morgan fingerprint density at radius 2 is 1.60 bits per heavy atom. The second-order valence-electron chi connectivity index (χ2n) is 17.3. The number of aliphatic hydroxyl groups is 2. The van der Waals surface area contributed by atoms with Gasteiger partial charge in [-0.05, 0) is 114 Å². The minimum absolute atomic E-state index is 0.00254. The summed E-state index contributed by atoms with van der Waals surface area (Å²) in [6, 6.07) is 10.2. The number of rotatable bonds is 4. The number of fused-ring (bicyclic) bond motifs is 7. The van der Waals surface area contributed by atoms with Gasteiger partial charge in [-0.1, -0.05) is 96.5 Å². The van der Waals surface area contributed by atoms with Crippen molar-refractivity contribution in [1.82, 2.24) is 0 Å². The average molecular weight is 589 g/mol. The van der Waals surface area contributed by atoms with Gasteiger partial charge in [-0.2, -0.15) is 0 Å². The van der Waals surface area contributed by atoms with Crippen molar-refractivity contribution >= 4 is 12.0 Å². The molecule has 0 aliphatic heterocycles. The molecular formula is C39H56O4. The molecule has 2 N–H and O–H groups in total. The quantitative estimate of drug-likeness (QED) is 0.274. The smallest absolute Gasteiger partial charge is 0.312 e. The lowest BCUT2D eigenvalue weighted by Gasteiger charge is -2.71. The molecular weight excluding hydrogens is 532 g/mol. The Balaban J connectivity index is 1.32. The van der Waals surface area contributed by atoms with E-state index in [0.29, 0.717) is 24.9 Å². The molecule has 1 aromatic rings. The van der Waals surface area contributed by atoms with Gasteiger partial charge in [0.1, 0.15) is 6.61 Å². The second kappa shape index (κ2) is 10.3. The van der Waals surface area contributed by atoms with Crippen LogP contribution >= 0.6 is 0 Å². The number of ether oxygens (including phenoxy) is 1. The van der Waals surface area contributed by atoms with Crippen LogP contribution < -0.4 is 0 Å². The van der Waals surface area contributed by atoms with Crippen LogP contribution in [-0.2, 0) is 9.53 Å². The first-order chi connectivity index (χ1) is 20.1. The Morgan fingerprint density at radius 1 is 0.907 bits per heavy atom. The van der Waals surface area contributed by atoms with Gasteiger partial charge in [0.05, 0.1) is 17.6 Å². The molecule has 4 heteroatoms. The third-order valence-electron chi connectivity index (χ3n) is 14.4. The molecule has 4 saturated carbocycles. The fraction of sp³-hybridized carbons (Fsp3) is 0.718. The standard InChI is InChI=1S/C39H56O4/c1-34(2)19-21-39(33(42)43-23-11-14-26-12-9-8-10-13-26)22-20-37(6)27(28(39)24-34)15-16-31-36(5)25-29(40)32(41)35(3,4)30(36)17-18-38(31,37)7/h8-15,28-32,40-41H,16-25H2,1-7H3/b14-11+/t28-,29+,30-,31+,32-,36-,37+,38+,39-/m0/s1. The Kier molecular flexibility index (Phi) is 7.45. The summed E-state index contributed by atoms with van der Waals surface area (Å²) in [6.45, 7) is 16.9. The van der Waals surface area contributed by atoms with Crippen LogP contribution in [0.1, 0.15) is 112 Å². The number of carbonyl (C=O) groups excluding carboxylic acids is 1. The molecule has 0 bridgehead atoms. The number of esters is 1. The summed E-state index contributed by atoms with van der Waals surface area (Å²) in [5.41, 5.74) is 2.12. The Hall–Kier alpha value is -1.91. The fourth-order valence-corrected chi connectivity index (χ4v) is 11.8. The van der Waals surface area contributed by atoms with E-state index < -0.39 is 17.6 Å². The molecule has 0 spiro atoms. The Labute approximate surface area is 260 Å². The molecule has 236 valence electrons. The third-order valence-corrected chi connectivity index (χ3v) is 14.4. The van der Waals surface area contributed by atoms with E-state index in [0.717, 1.165) is 56.9 Å². The van der Waals surface area contributed by atoms with Gasteiger partial charge in [-0.15, -0.1) is 0 Å². The number of benzene rings is 1. The minimum Gasteiger partial charge on any atom is -0.461 e. The second-order valence-corrected chi connectivity index (χ2v) is 17.3. The van der Waals surface area contributed by atoms with Gasteiger partial charge < -0.3 is 14.9 Å². The van der Waals surface area contributed by atoms with E-state index in [1.165, 1.54) is 5.57 Å². The molecule has 0 heterocycles. The molecule has 0 unspecified atom stereocenters. The van der Waals surface area contributed by atoms with Crippen LogP contribution in [0, 0.1) is 50.2 Å². The number of carbonyl (C=O) groups is 1. The maximum absolute atomic E-state index is 14.2. The van der Waals surface area contributed by atoms with Crippen LogP contribution in [0.2, 0.25) is 0 Å². The van der Waals surface area contributed by atoms with E-state index in [9.17, 15) is 15.0 Å². The van der Waals surface area contributed by atoms with E-state index in [1.807, 2.05) is 30.4 Å². The van der Waals surface area contributed by atoms with Crippen LogP contribution in [0.4, 0.5) is 0 Å². The number of allylic oxidation sites excluding steroid dienone is 2. The highest BCUT2D eigenvalue weighted by Gasteiger charge is 2.70. The zero-order valence-corrected chi connectivity index (χ0v) is 27.8.